The first-order valence-corrected chi connectivity index (χ1v) is 9.87. The van der Waals surface area contributed by atoms with E-state index in [4.69, 9.17) is 11.6 Å². The summed E-state index contributed by atoms with van der Waals surface area (Å²) in [6, 6.07) is 13.6. The van der Waals surface area contributed by atoms with Crippen molar-refractivity contribution in [2.24, 2.45) is 5.10 Å². The van der Waals surface area contributed by atoms with Crippen molar-refractivity contribution in [1.82, 2.24) is 4.98 Å². The number of halogens is 1. The Bertz CT molecular complexity index is 1010. The Balaban J connectivity index is 1.49. The molecule has 0 spiro atoms. The summed E-state index contributed by atoms with van der Waals surface area (Å²) in [5, 5.41) is 10.5. The van der Waals surface area contributed by atoms with Gasteiger partial charge in [0.15, 0.2) is 0 Å². The molecule has 0 aliphatic carbocycles. The normalized spacial score (nSPS) is 13.9. The summed E-state index contributed by atoms with van der Waals surface area (Å²) in [5.74, 6) is 0.0815. The number of amides is 1. The van der Waals surface area contributed by atoms with Crippen LogP contribution >= 0.6 is 22.9 Å². The summed E-state index contributed by atoms with van der Waals surface area (Å²) in [6.45, 7) is 0. The molecule has 2 N–H and O–H groups in total. The second-order valence-corrected chi connectivity index (χ2v) is 7.47. The maximum atomic E-state index is 11.7. The second kappa shape index (κ2) is 7.90. The van der Waals surface area contributed by atoms with Crippen molar-refractivity contribution in [3.05, 3.63) is 64.0 Å². The van der Waals surface area contributed by atoms with E-state index in [-0.39, 0.29) is 5.91 Å². The van der Waals surface area contributed by atoms with Crippen LogP contribution in [-0.4, -0.2) is 17.1 Å². The maximum absolute atomic E-state index is 11.7. The molecule has 7 heteroatoms. The monoisotopic (exact) mass is 396 g/mol. The van der Waals surface area contributed by atoms with Crippen molar-refractivity contribution in [1.29, 1.82) is 0 Å². The minimum Gasteiger partial charge on any atom is -0.326 e. The molecular formula is C20H17ClN4OS. The number of hydrogen-bond acceptors (Lipinski definition) is 5. The number of carbonyl (C=O) groups excluding carboxylic acids is 1. The molecule has 1 amide bonds. The lowest BCUT2D eigenvalue weighted by Crippen LogP contribution is -2.09. The van der Waals surface area contributed by atoms with Gasteiger partial charge in [-0.15, -0.1) is 11.3 Å². The summed E-state index contributed by atoms with van der Waals surface area (Å²) in [4.78, 5) is 16.3. The lowest BCUT2D eigenvalue weighted by molar-refractivity contribution is -0.116. The van der Waals surface area contributed by atoms with Gasteiger partial charge in [-0.3, -0.25) is 10.2 Å². The van der Waals surface area contributed by atoms with E-state index in [1.807, 2.05) is 41.8 Å². The molecule has 1 aromatic heterocycles. The molecule has 0 unspecified atom stereocenters. The largest absolute Gasteiger partial charge is 0.326 e. The molecular weight excluding hydrogens is 380 g/mol. The Hall–Kier alpha value is -2.70. The third-order valence-electron chi connectivity index (χ3n) is 4.30. The van der Waals surface area contributed by atoms with Crippen LogP contribution < -0.4 is 10.7 Å². The van der Waals surface area contributed by atoms with E-state index >= 15 is 0 Å². The van der Waals surface area contributed by atoms with Gasteiger partial charge in [-0.25, -0.2) is 4.98 Å². The van der Waals surface area contributed by atoms with Crippen molar-refractivity contribution in [3.63, 3.8) is 0 Å². The van der Waals surface area contributed by atoms with Gasteiger partial charge in [0, 0.05) is 33.6 Å². The number of carbonyl (C=O) groups is 1. The summed E-state index contributed by atoms with van der Waals surface area (Å²) in [5.41, 5.74) is 7.76. The molecule has 0 saturated heterocycles. The van der Waals surface area contributed by atoms with Crippen LogP contribution in [0, 0.1) is 0 Å². The van der Waals surface area contributed by atoms with Crippen molar-refractivity contribution in [2.45, 2.75) is 19.3 Å². The van der Waals surface area contributed by atoms with E-state index in [1.54, 1.807) is 6.21 Å². The molecule has 4 rings (SSSR count). The number of fused-ring (bicyclic) bond motifs is 1. The second-order valence-electron chi connectivity index (χ2n) is 6.20. The van der Waals surface area contributed by atoms with Gasteiger partial charge in [0.05, 0.1) is 11.9 Å². The number of rotatable bonds is 4. The number of hydrazone groups is 1. The van der Waals surface area contributed by atoms with Crippen LogP contribution in [-0.2, 0) is 11.2 Å². The van der Waals surface area contributed by atoms with Gasteiger partial charge in [0.1, 0.15) is 0 Å². The first kappa shape index (κ1) is 17.7. The average Bonchev–Trinajstić information content (AvgIpc) is 3.05. The third-order valence-corrected chi connectivity index (χ3v) is 5.39. The Labute approximate surface area is 166 Å². The lowest BCUT2D eigenvalue weighted by atomic mass is 10.0. The van der Waals surface area contributed by atoms with Crippen molar-refractivity contribution in [3.8, 4) is 11.3 Å². The number of nitrogens with one attached hydrogen (secondary N) is 2. The molecule has 0 saturated carbocycles. The predicted molar refractivity (Wildman–Crippen MR) is 112 cm³/mol. The topological polar surface area (TPSA) is 66.4 Å². The zero-order valence-corrected chi connectivity index (χ0v) is 16.0. The van der Waals surface area contributed by atoms with Crippen LogP contribution in [0.3, 0.4) is 0 Å². The minimum atomic E-state index is 0.0815. The number of hydrogen-bond donors (Lipinski definition) is 2. The van der Waals surface area contributed by atoms with Crippen LogP contribution in [0.1, 0.15) is 24.0 Å². The van der Waals surface area contributed by atoms with E-state index in [2.05, 4.69) is 26.9 Å². The SMILES string of the molecule is O=C1CCCc2cc(-c3csc(NN=Cc4ccccc4Cl)n3)ccc2N1. The van der Waals surface area contributed by atoms with Gasteiger partial charge >= 0.3 is 0 Å². The molecule has 1 aliphatic heterocycles. The van der Waals surface area contributed by atoms with Gasteiger partial charge in [0.2, 0.25) is 11.0 Å². The highest BCUT2D eigenvalue weighted by Crippen LogP contribution is 2.30. The molecule has 0 fully saturated rings. The smallest absolute Gasteiger partial charge is 0.224 e. The Morgan fingerprint density at radius 2 is 2.11 bits per heavy atom. The fourth-order valence-corrected chi connectivity index (χ4v) is 3.78. The quantitative estimate of drug-likeness (QED) is 0.471. The van der Waals surface area contributed by atoms with Crippen LogP contribution in [0.25, 0.3) is 11.3 Å². The standard InChI is InChI=1S/C20H17ClN4OS/c21-16-6-2-1-4-15(16)11-22-25-20-24-18(12-27-20)14-8-9-17-13(10-14)5-3-7-19(26)23-17/h1-2,4,6,8-12H,3,5,7H2,(H,23,26)(H,24,25). The fraction of sp³-hybridized carbons (Fsp3) is 0.150. The van der Waals surface area contributed by atoms with Crippen LogP contribution in [0.5, 0.6) is 0 Å². The number of aryl methyl sites for hydroxylation is 1. The van der Waals surface area contributed by atoms with Crippen LogP contribution in [0.4, 0.5) is 10.8 Å². The maximum Gasteiger partial charge on any atom is 0.224 e. The van der Waals surface area contributed by atoms with Gasteiger partial charge < -0.3 is 5.32 Å². The fourth-order valence-electron chi connectivity index (χ4n) is 2.93. The molecule has 3 aromatic rings. The van der Waals surface area contributed by atoms with E-state index in [0.29, 0.717) is 16.6 Å². The third kappa shape index (κ3) is 4.18. The number of benzene rings is 2. The average molecular weight is 397 g/mol. The van der Waals surface area contributed by atoms with Gasteiger partial charge in [-0.05, 0) is 36.6 Å². The molecule has 136 valence electrons. The molecule has 2 aromatic carbocycles. The highest BCUT2D eigenvalue weighted by molar-refractivity contribution is 7.14. The Morgan fingerprint density at radius 1 is 1.22 bits per heavy atom. The number of nitrogens with zero attached hydrogens (tertiary/aromatic N) is 2. The summed E-state index contributed by atoms with van der Waals surface area (Å²) in [6.07, 6.45) is 3.99. The van der Waals surface area contributed by atoms with Gasteiger partial charge in [0.25, 0.3) is 0 Å². The van der Waals surface area contributed by atoms with Gasteiger partial charge in [-0.2, -0.15) is 5.10 Å². The summed E-state index contributed by atoms with van der Waals surface area (Å²) in [7, 11) is 0. The number of aromatic nitrogens is 1. The zero-order valence-electron chi connectivity index (χ0n) is 14.4. The highest BCUT2D eigenvalue weighted by atomic mass is 35.5. The first-order valence-electron chi connectivity index (χ1n) is 8.61. The highest BCUT2D eigenvalue weighted by Gasteiger charge is 2.14. The van der Waals surface area contributed by atoms with Crippen molar-refractivity contribution in [2.75, 3.05) is 10.7 Å². The van der Waals surface area contributed by atoms with E-state index in [9.17, 15) is 4.79 Å². The van der Waals surface area contributed by atoms with Gasteiger partial charge in [-0.1, -0.05) is 35.9 Å². The molecule has 0 atom stereocenters. The van der Waals surface area contributed by atoms with Crippen molar-refractivity contribution < 1.29 is 4.79 Å². The molecule has 1 aliphatic rings. The molecule has 0 bridgehead atoms. The minimum absolute atomic E-state index is 0.0815. The molecule has 27 heavy (non-hydrogen) atoms. The summed E-state index contributed by atoms with van der Waals surface area (Å²) < 4.78 is 0. The zero-order chi connectivity index (χ0) is 18.6. The van der Waals surface area contributed by atoms with Crippen LogP contribution in [0.2, 0.25) is 5.02 Å². The lowest BCUT2D eigenvalue weighted by Gasteiger charge is -2.08. The van der Waals surface area contributed by atoms with E-state index in [0.717, 1.165) is 40.9 Å². The molecule has 5 nitrogen and oxygen atoms in total. The first-order chi connectivity index (χ1) is 13.2. The molecule has 2 heterocycles. The predicted octanol–water partition coefficient (Wildman–Crippen LogP) is 5.18. The number of thiazole rings is 1. The van der Waals surface area contributed by atoms with Crippen LogP contribution in [0.15, 0.2) is 52.9 Å². The Kier molecular flexibility index (Phi) is 5.18. The summed E-state index contributed by atoms with van der Waals surface area (Å²) >= 11 is 7.60. The Morgan fingerprint density at radius 3 is 3.00 bits per heavy atom. The molecule has 0 radical (unpaired) electrons. The van der Waals surface area contributed by atoms with Crippen molar-refractivity contribution >= 4 is 45.9 Å². The number of anilines is 2. The van der Waals surface area contributed by atoms with E-state index < -0.39 is 0 Å². The van der Waals surface area contributed by atoms with E-state index in [1.165, 1.54) is 11.3 Å².